The average molecular weight is 270 g/mol. The van der Waals surface area contributed by atoms with E-state index in [0.717, 1.165) is 19.6 Å². The first-order valence-electron chi connectivity index (χ1n) is 7.76. The Balaban J connectivity index is 1.89. The van der Waals surface area contributed by atoms with Crippen molar-refractivity contribution < 1.29 is 10.2 Å². The molecule has 2 heterocycles. The summed E-state index contributed by atoms with van der Waals surface area (Å²) >= 11 is 0. The number of rotatable bonds is 5. The minimum atomic E-state index is 0.199. The minimum Gasteiger partial charge on any atom is -0.396 e. The summed E-state index contributed by atoms with van der Waals surface area (Å²) in [7, 11) is 0. The zero-order chi connectivity index (χ0) is 13.9. The molecule has 0 saturated carbocycles. The van der Waals surface area contributed by atoms with Crippen molar-refractivity contribution in [2.24, 2.45) is 11.8 Å². The maximum Gasteiger partial charge on any atom is 0.0475 e. The van der Waals surface area contributed by atoms with Gasteiger partial charge in [-0.1, -0.05) is 6.42 Å². The quantitative estimate of drug-likeness (QED) is 0.775. The van der Waals surface area contributed by atoms with Crippen LogP contribution in [-0.4, -0.2) is 71.5 Å². The highest BCUT2D eigenvalue weighted by Gasteiger charge is 2.36. The van der Waals surface area contributed by atoms with E-state index in [9.17, 15) is 10.2 Å². The lowest BCUT2D eigenvalue weighted by molar-refractivity contribution is 0.0618. The minimum absolute atomic E-state index is 0.199. The fraction of sp³-hybridized carbons (Fsp3) is 1.00. The number of hydrogen-bond acceptors (Lipinski definition) is 4. The van der Waals surface area contributed by atoms with Crippen LogP contribution in [0.3, 0.4) is 0 Å². The third-order valence-corrected chi connectivity index (χ3v) is 4.94. The zero-order valence-corrected chi connectivity index (χ0v) is 12.5. The molecule has 0 aromatic rings. The molecule has 0 aromatic carbocycles. The van der Waals surface area contributed by atoms with Crippen LogP contribution in [0.5, 0.6) is 0 Å². The van der Waals surface area contributed by atoms with E-state index in [1.54, 1.807) is 0 Å². The van der Waals surface area contributed by atoms with Crippen molar-refractivity contribution >= 4 is 0 Å². The summed E-state index contributed by atoms with van der Waals surface area (Å²) in [6.07, 6.45) is 4.01. The van der Waals surface area contributed by atoms with Gasteiger partial charge in [0.1, 0.15) is 0 Å². The summed E-state index contributed by atoms with van der Waals surface area (Å²) in [4.78, 5) is 5.03. The van der Waals surface area contributed by atoms with Crippen molar-refractivity contribution in [1.29, 1.82) is 0 Å². The van der Waals surface area contributed by atoms with Crippen LogP contribution in [0.4, 0.5) is 0 Å². The van der Waals surface area contributed by atoms with Gasteiger partial charge in [0.15, 0.2) is 0 Å². The number of likely N-dealkylation sites (tertiary alicyclic amines) is 2. The van der Waals surface area contributed by atoms with Crippen molar-refractivity contribution in [3.8, 4) is 0 Å². The van der Waals surface area contributed by atoms with Crippen LogP contribution >= 0.6 is 0 Å². The predicted octanol–water partition coefficient (Wildman–Crippen LogP) is 0.783. The van der Waals surface area contributed by atoms with Gasteiger partial charge in [-0.05, 0) is 39.8 Å². The van der Waals surface area contributed by atoms with Gasteiger partial charge in [-0.3, -0.25) is 4.90 Å². The summed E-state index contributed by atoms with van der Waals surface area (Å²) in [5.74, 6) is 0.504. The molecule has 0 amide bonds. The van der Waals surface area contributed by atoms with E-state index in [-0.39, 0.29) is 30.6 Å². The van der Waals surface area contributed by atoms with Gasteiger partial charge in [-0.2, -0.15) is 0 Å². The molecule has 0 bridgehead atoms. The maximum absolute atomic E-state index is 9.38. The number of aliphatic hydroxyl groups excluding tert-OH is 2. The molecule has 4 heteroatoms. The van der Waals surface area contributed by atoms with Crippen LogP contribution in [0, 0.1) is 11.8 Å². The van der Waals surface area contributed by atoms with Gasteiger partial charge in [0.25, 0.3) is 0 Å². The molecule has 112 valence electrons. The molecule has 2 aliphatic heterocycles. The fourth-order valence-electron chi connectivity index (χ4n) is 3.73. The summed E-state index contributed by atoms with van der Waals surface area (Å²) in [5.41, 5.74) is 0.199. The predicted molar refractivity (Wildman–Crippen MR) is 77.1 cm³/mol. The molecule has 2 N–H and O–H groups in total. The molecule has 0 radical (unpaired) electrons. The highest BCUT2D eigenvalue weighted by molar-refractivity contribution is 4.91. The van der Waals surface area contributed by atoms with E-state index in [1.165, 1.54) is 32.4 Å². The smallest absolute Gasteiger partial charge is 0.0475 e. The topological polar surface area (TPSA) is 46.9 Å². The second-order valence-electron chi connectivity index (χ2n) is 6.94. The summed E-state index contributed by atoms with van der Waals surface area (Å²) in [5, 5.41) is 18.8. The van der Waals surface area contributed by atoms with Crippen LogP contribution in [0.2, 0.25) is 0 Å². The normalized spacial score (nSPS) is 30.9. The maximum atomic E-state index is 9.38. The molecule has 2 atom stereocenters. The molecule has 2 rings (SSSR count). The number of nitrogens with zero attached hydrogens (tertiary/aromatic N) is 2. The molecule has 0 spiro atoms. The second-order valence-corrected chi connectivity index (χ2v) is 6.94. The van der Waals surface area contributed by atoms with E-state index in [2.05, 4.69) is 23.6 Å². The Hall–Kier alpha value is -0.160. The highest BCUT2D eigenvalue weighted by atomic mass is 16.3. The summed E-state index contributed by atoms with van der Waals surface area (Å²) in [6.45, 7) is 10.4. The largest absolute Gasteiger partial charge is 0.396 e. The van der Waals surface area contributed by atoms with E-state index in [0.29, 0.717) is 0 Å². The lowest BCUT2D eigenvalue weighted by atomic mass is 9.98. The van der Waals surface area contributed by atoms with E-state index in [4.69, 9.17) is 0 Å². The van der Waals surface area contributed by atoms with Crippen LogP contribution in [0.1, 0.15) is 33.1 Å². The van der Waals surface area contributed by atoms with Crippen LogP contribution in [0.25, 0.3) is 0 Å². The first kappa shape index (κ1) is 15.2. The Bertz CT molecular complexity index is 265. The monoisotopic (exact) mass is 270 g/mol. The first-order valence-corrected chi connectivity index (χ1v) is 7.76. The molecule has 4 nitrogen and oxygen atoms in total. The van der Waals surface area contributed by atoms with E-state index >= 15 is 0 Å². The van der Waals surface area contributed by atoms with Gasteiger partial charge >= 0.3 is 0 Å². The summed E-state index contributed by atoms with van der Waals surface area (Å²) in [6, 6.07) is 0. The van der Waals surface area contributed by atoms with Crippen molar-refractivity contribution in [2.45, 2.75) is 38.6 Å². The van der Waals surface area contributed by atoms with Gasteiger partial charge in [0, 0.05) is 50.2 Å². The molecule has 2 fully saturated rings. The van der Waals surface area contributed by atoms with Gasteiger partial charge in [-0.25, -0.2) is 0 Å². The number of piperidine rings is 1. The SMILES string of the molecule is CC(C)(CN1C[C@@H](CO)[C@H](CO)C1)N1CCCCC1. The number of hydrogen-bond donors (Lipinski definition) is 2. The molecular formula is C15H30N2O2. The third kappa shape index (κ3) is 3.69. The second kappa shape index (κ2) is 6.53. The first-order chi connectivity index (χ1) is 9.06. The third-order valence-electron chi connectivity index (χ3n) is 4.94. The van der Waals surface area contributed by atoms with Crippen LogP contribution in [0.15, 0.2) is 0 Å². The van der Waals surface area contributed by atoms with E-state index in [1.807, 2.05) is 0 Å². The Labute approximate surface area is 117 Å². The Kier molecular flexibility index (Phi) is 5.23. The highest BCUT2D eigenvalue weighted by Crippen LogP contribution is 2.27. The van der Waals surface area contributed by atoms with Crippen molar-refractivity contribution in [3.05, 3.63) is 0 Å². The van der Waals surface area contributed by atoms with Crippen molar-refractivity contribution in [2.75, 3.05) is 45.9 Å². The molecule has 2 aliphatic rings. The molecule has 0 aliphatic carbocycles. The van der Waals surface area contributed by atoms with E-state index < -0.39 is 0 Å². The molecule has 2 saturated heterocycles. The zero-order valence-electron chi connectivity index (χ0n) is 12.5. The molecule has 0 unspecified atom stereocenters. The van der Waals surface area contributed by atoms with Crippen LogP contribution in [-0.2, 0) is 0 Å². The number of aliphatic hydroxyl groups is 2. The lowest BCUT2D eigenvalue weighted by Crippen LogP contribution is -2.53. The van der Waals surface area contributed by atoms with Gasteiger partial charge < -0.3 is 15.1 Å². The lowest BCUT2D eigenvalue weighted by Gasteiger charge is -2.43. The summed E-state index contributed by atoms with van der Waals surface area (Å²) < 4.78 is 0. The van der Waals surface area contributed by atoms with Gasteiger partial charge in [0.2, 0.25) is 0 Å². The Morgan fingerprint density at radius 1 is 0.947 bits per heavy atom. The van der Waals surface area contributed by atoms with Crippen molar-refractivity contribution in [3.63, 3.8) is 0 Å². The average Bonchev–Trinajstić information content (AvgIpc) is 2.81. The fourth-order valence-corrected chi connectivity index (χ4v) is 3.73. The molecule has 19 heavy (non-hydrogen) atoms. The Morgan fingerprint density at radius 2 is 1.47 bits per heavy atom. The van der Waals surface area contributed by atoms with Gasteiger partial charge in [-0.15, -0.1) is 0 Å². The molecule has 0 aromatic heterocycles. The standard InChI is InChI=1S/C15H30N2O2/c1-15(2,17-6-4-3-5-7-17)12-16-8-13(10-18)14(9-16)11-19/h13-14,18-19H,3-12H2,1-2H3/t13-,14-/m0/s1. The van der Waals surface area contributed by atoms with Crippen molar-refractivity contribution in [1.82, 2.24) is 9.80 Å². The Morgan fingerprint density at radius 3 is 1.95 bits per heavy atom. The molecular weight excluding hydrogens is 240 g/mol. The van der Waals surface area contributed by atoms with Gasteiger partial charge in [0.05, 0.1) is 0 Å². The van der Waals surface area contributed by atoms with Crippen LogP contribution < -0.4 is 0 Å².